The first-order valence-corrected chi connectivity index (χ1v) is 15.5. The van der Waals surface area contributed by atoms with Crippen molar-refractivity contribution in [1.82, 2.24) is 10.2 Å². The number of benzene rings is 3. The van der Waals surface area contributed by atoms with E-state index in [-0.39, 0.29) is 28.1 Å². The highest BCUT2D eigenvalue weighted by Crippen LogP contribution is 2.32. The van der Waals surface area contributed by atoms with Gasteiger partial charge in [0.1, 0.15) is 24.1 Å². The molecule has 3 aromatic rings. The van der Waals surface area contributed by atoms with E-state index < -0.39 is 28.5 Å². The number of unbranched alkanes of at least 4 members (excludes halogenated alkanes) is 1. The molecule has 9 nitrogen and oxygen atoms in total. The number of methoxy groups -OCH3 is 2. The minimum atomic E-state index is -4.22. The number of carbonyl (C=O) groups is 2. The Morgan fingerprint density at radius 2 is 1.71 bits per heavy atom. The standard InChI is InChI=1S/C31H38ClN3O6S/c1-6-7-17-33-31(37)23(3)34(20-24-9-8-10-26(18-24)40-4)30(36)21-35(25-13-16-29(41-5)28(32)19-25)42(38,39)27-14-11-22(2)12-15-27/h8-16,18-19,23H,6-7,17,20-21H2,1-5H3,(H,33,37)/t23-/m1/s1. The third-order valence-corrected chi connectivity index (χ3v) is 8.88. The van der Waals surface area contributed by atoms with Gasteiger partial charge in [0.2, 0.25) is 11.8 Å². The fourth-order valence-electron chi connectivity index (χ4n) is 4.26. The fraction of sp³-hybridized carbons (Fsp3) is 0.355. The zero-order valence-corrected chi connectivity index (χ0v) is 26.2. The molecule has 0 radical (unpaired) electrons. The van der Waals surface area contributed by atoms with Crippen molar-refractivity contribution in [2.24, 2.45) is 0 Å². The molecule has 0 heterocycles. The first-order valence-electron chi connectivity index (χ1n) is 13.6. The van der Waals surface area contributed by atoms with Gasteiger partial charge in [0.05, 0.1) is 29.8 Å². The normalized spacial score (nSPS) is 11.9. The van der Waals surface area contributed by atoms with Crippen molar-refractivity contribution in [1.29, 1.82) is 0 Å². The van der Waals surface area contributed by atoms with E-state index in [1.807, 2.05) is 19.9 Å². The van der Waals surface area contributed by atoms with Crippen molar-refractivity contribution in [3.63, 3.8) is 0 Å². The van der Waals surface area contributed by atoms with E-state index in [0.29, 0.717) is 18.0 Å². The number of nitrogens with one attached hydrogen (secondary N) is 1. The molecular weight excluding hydrogens is 578 g/mol. The van der Waals surface area contributed by atoms with Gasteiger partial charge in [0, 0.05) is 13.1 Å². The van der Waals surface area contributed by atoms with Crippen molar-refractivity contribution in [2.75, 3.05) is 31.6 Å². The Balaban J connectivity index is 2.05. The smallest absolute Gasteiger partial charge is 0.264 e. The number of ether oxygens (including phenoxy) is 2. The van der Waals surface area contributed by atoms with E-state index in [0.717, 1.165) is 28.3 Å². The molecule has 0 spiro atoms. The highest BCUT2D eigenvalue weighted by molar-refractivity contribution is 7.92. The summed E-state index contributed by atoms with van der Waals surface area (Å²) in [4.78, 5) is 28.5. The predicted molar refractivity (Wildman–Crippen MR) is 165 cm³/mol. The van der Waals surface area contributed by atoms with Gasteiger partial charge in [0.25, 0.3) is 10.0 Å². The SMILES string of the molecule is CCCCNC(=O)[C@@H](C)N(Cc1cccc(OC)c1)C(=O)CN(c1ccc(OC)c(Cl)c1)S(=O)(=O)c1ccc(C)cc1. The molecule has 42 heavy (non-hydrogen) atoms. The summed E-state index contributed by atoms with van der Waals surface area (Å²) in [6.45, 7) is 5.45. The van der Waals surface area contributed by atoms with Crippen LogP contribution in [0.15, 0.2) is 71.6 Å². The molecule has 3 rings (SSSR count). The van der Waals surface area contributed by atoms with Crippen molar-refractivity contribution >= 4 is 39.1 Å². The topological polar surface area (TPSA) is 105 Å². The molecule has 0 aliphatic carbocycles. The maximum absolute atomic E-state index is 14.1. The number of hydrogen-bond donors (Lipinski definition) is 1. The zero-order valence-electron chi connectivity index (χ0n) is 24.6. The average molecular weight is 616 g/mol. The number of hydrogen-bond acceptors (Lipinski definition) is 6. The number of carbonyl (C=O) groups excluding carboxylic acids is 2. The van der Waals surface area contributed by atoms with Crippen LogP contribution >= 0.6 is 11.6 Å². The Bertz CT molecular complexity index is 1480. The van der Waals surface area contributed by atoms with E-state index in [9.17, 15) is 18.0 Å². The summed E-state index contributed by atoms with van der Waals surface area (Å²) in [5.74, 6) is 0.0477. The van der Waals surface area contributed by atoms with Gasteiger partial charge in [-0.05, 0) is 68.3 Å². The molecule has 0 aromatic heterocycles. The molecule has 11 heteroatoms. The first-order chi connectivity index (χ1) is 20.0. The molecule has 2 amide bonds. The van der Waals surface area contributed by atoms with Crippen molar-refractivity contribution in [3.05, 3.63) is 82.9 Å². The second kappa shape index (κ2) is 14.9. The molecule has 1 atom stereocenters. The summed E-state index contributed by atoms with van der Waals surface area (Å²) in [5, 5.41) is 3.06. The van der Waals surface area contributed by atoms with Crippen LogP contribution in [0, 0.1) is 6.92 Å². The number of rotatable bonds is 14. The van der Waals surface area contributed by atoms with Crippen LogP contribution in [0.25, 0.3) is 0 Å². The van der Waals surface area contributed by atoms with Gasteiger partial charge >= 0.3 is 0 Å². The Morgan fingerprint density at radius 1 is 1.00 bits per heavy atom. The monoisotopic (exact) mass is 615 g/mol. The Morgan fingerprint density at radius 3 is 2.33 bits per heavy atom. The van der Waals surface area contributed by atoms with Crippen LogP contribution in [0.2, 0.25) is 5.02 Å². The third kappa shape index (κ3) is 8.17. The molecule has 0 aliphatic heterocycles. The Kier molecular flexibility index (Phi) is 11.6. The summed E-state index contributed by atoms with van der Waals surface area (Å²) < 4.78 is 39.5. The minimum Gasteiger partial charge on any atom is -0.497 e. The lowest BCUT2D eigenvalue weighted by atomic mass is 10.1. The fourth-order valence-corrected chi connectivity index (χ4v) is 5.92. The zero-order chi connectivity index (χ0) is 30.9. The van der Waals surface area contributed by atoms with Gasteiger partial charge in [-0.3, -0.25) is 13.9 Å². The quantitative estimate of drug-likeness (QED) is 0.250. The summed E-state index contributed by atoms with van der Waals surface area (Å²) in [6.07, 6.45) is 1.69. The van der Waals surface area contributed by atoms with Gasteiger partial charge in [0.15, 0.2) is 0 Å². The predicted octanol–water partition coefficient (Wildman–Crippen LogP) is 5.19. The molecule has 0 saturated carbocycles. The number of halogens is 1. The molecule has 1 N–H and O–H groups in total. The molecule has 3 aromatic carbocycles. The minimum absolute atomic E-state index is 0.0116. The van der Waals surface area contributed by atoms with Crippen LogP contribution in [-0.2, 0) is 26.2 Å². The number of anilines is 1. The maximum atomic E-state index is 14.1. The molecule has 0 saturated heterocycles. The summed E-state index contributed by atoms with van der Waals surface area (Å²) >= 11 is 6.37. The summed E-state index contributed by atoms with van der Waals surface area (Å²) in [6, 6.07) is 17.1. The number of nitrogens with zero attached hydrogens (tertiary/aromatic N) is 2. The molecule has 0 unspecified atom stereocenters. The van der Waals surface area contributed by atoms with E-state index in [2.05, 4.69) is 5.32 Å². The van der Waals surface area contributed by atoms with E-state index in [4.69, 9.17) is 21.1 Å². The highest BCUT2D eigenvalue weighted by Gasteiger charge is 2.33. The summed E-state index contributed by atoms with van der Waals surface area (Å²) in [5.41, 5.74) is 1.78. The lowest BCUT2D eigenvalue weighted by molar-refractivity contribution is -0.139. The van der Waals surface area contributed by atoms with Gasteiger partial charge in [-0.1, -0.05) is 54.8 Å². The first kappa shape index (κ1) is 32.8. The molecule has 0 bridgehead atoms. The van der Waals surface area contributed by atoms with E-state index >= 15 is 0 Å². The second-order valence-corrected chi connectivity index (χ2v) is 12.1. The van der Waals surface area contributed by atoms with Crippen LogP contribution in [0.1, 0.15) is 37.8 Å². The molecule has 0 fully saturated rings. The van der Waals surface area contributed by atoms with Crippen LogP contribution in [-0.4, -0.2) is 58.5 Å². The lowest BCUT2D eigenvalue weighted by Crippen LogP contribution is -2.51. The second-order valence-electron chi connectivity index (χ2n) is 9.84. The molecule has 0 aliphatic rings. The van der Waals surface area contributed by atoms with Gasteiger partial charge in [-0.25, -0.2) is 8.42 Å². The largest absolute Gasteiger partial charge is 0.497 e. The van der Waals surface area contributed by atoms with Crippen molar-refractivity contribution < 1.29 is 27.5 Å². The van der Waals surface area contributed by atoms with Crippen LogP contribution in [0.3, 0.4) is 0 Å². The molecular formula is C31H38ClN3O6S. The number of amides is 2. The van der Waals surface area contributed by atoms with Crippen molar-refractivity contribution in [3.8, 4) is 11.5 Å². The van der Waals surface area contributed by atoms with Crippen LogP contribution in [0.4, 0.5) is 5.69 Å². The molecule has 226 valence electrons. The van der Waals surface area contributed by atoms with Gasteiger partial charge in [-0.2, -0.15) is 0 Å². The van der Waals surface area contributed by atoms with E-state index in [1.54, 1.807) is 44.4 Å². The Hall–Kier alpha value is -3.76. The van der Waals surface area contributed by atoms with Crippen molar-refractivity contribution in [2.45, 2.75) is 51.1 Å². The maximum Gasteiger partial charge on any atom is 0.264 e. The lowest BCUT2D eigenvalue weighted by Gasteiger charge is -2.32. The van der Waals surface area contributed by atoms with Crippen LogP contribution in [0.5, 0.6) is 11.5 Å². The van der Waals surface area contributed by atoms with Gasteiger partial charge in [-0.15, -0.1) is 0 Å². The highest BCUT2D eigenvalue weighted by atomic mass is 35.5. The van der Waals surface area contributed by atoms with Gasteiger partial charge < -0.3 is 19.7 Å². The number of aryl methyl sites for hydroxylation is 1. The number of sulfonamides is 1. The van der Waals surface area contributed by atoms with E-state index in [1.165, 1.54) is 42.3 Å². The third-order valence-electron chi connectivity index (χ3n) is 6.80. The average Bonchev–Trinajstić information content (AvgIpc) is 2.98. The van der Waals surface area contributed by atoms with Crippen LogP contribution < -0.4 is 19.1 Å². The summed E-state index contributed by atoms with van der Waals surface area (Å²) in [7, 11) is -1.22. The Labute approximate surface area is 253 Å².